The van der Waals surface area contributed by atoms with E-state index in [-0.39, 0.29) is 11.7 Å². The van der Waals surface area contributed by atoms with Gasteiger partial charge in [0.1, 0.15) is 0 Å². The van der Waals surface area contributed by atoms with E-state index in [9.17, 15) is 9.59 Å². The number of rotatable bonds is 5. The van der Waals surface area contributed by atoms with Gasteiger partial charge in [-0.3, -0.25) is 4.79 Å². The quantitative estimate of drug-likeness (QED) is 0.858. The third-order valence-corrected chi connectivity index (χ3v) is 2.96. The highest BCUT2D eigenvalue weighted by Gasteiger charge is 2.20. The van der Waals surface area contributed by atoms with Crippen LogP contribution in [0.1, 0.15) is 28.6 Å². The van der Waals surface area contributed by atoms with Gasteiger partial charge >= 0.3 is 5.97 Å². The fourth-order valence-corrected chi connectivity index (χ4v) is 1.71. The first-order valence-electron chi connectivity index (χ1n) is 6.64. The van der Waals surface area contributed by atoms with Crippen LogP contribution in [0.4, 0.5) is 0 Å². The van der Waals surface area contributed by atoms with Crippen molar-refractivity contribution < 1.29 is 18.7 Å². The van der Waals surface area contributed by atoms with E-state index < -0.39 is 12.1 Å². The Labute approximate surface area is 122 Å². The molecule has 1 N–H and O–H groups in total. The van der Waals surface area contributed by atoms with E-state index in [1.165, 1.54) is 19.3 Å². The SMILES string of the molecule is Cc1ccc(CNC(=O)[C@H](C)OC(=O)c2ccco2)cc1. The first-order valence-corrected chi connectivity index (χ1v) is 6.64. The number of esters is 1. The first-order chi connectivity index (χ1) is 10.1. The van der Waals surface area contributed by atoms with Crippen molar-refractivity contribution in [3.05, 3.63) is 59.5 Å². The van der Waals surface area contributed by atoms with E-state index in [2.05, 4.69) is 5.32 Å². The third-order valence-electron chi connectivity index (χ3n) is 2.96. The van der Waals surface area contributed by atoms with Crippen LogP contribution in [-0.2, 0) is 16.1 Å². The van der Waals surface area contributed by atoms with Crippen molar-refractivity contribution in [2.24, 2.45) is 0 Å². The molecule has 2 aromatic rings. The summed E-state index contributed by atoms with van der Waals surface area (Å²) in [5.74, 6) is -0.929. The molecule has 5 heteroatoms. The molecule has 5 nitrogen and oxygen atoms in total. The van der Waals surface area contributed by atoms with Gasteiger partial charge in [0.15, 0.2) is 6.10 Å². The lowest BCUT2D eigenvalue weighted by atomic mass is 10.1. The Morgan fingerprint density at radius 2 is 1.95 bits per heavy atom. The molecule has 2 rings (SSSR count). The number of benzene rings is 1. The molecule has 0 aliphatic heterocycles. The minimum absolute atomic E-state index is 0.0770. The zero-order valence-electron chi connectivity index (χ0n) is 12.0. The summed E-state index contributed by atoms with van der Waals surface area (Å²) in [4.78, 5) is 23.5. The van der Waals surface area contributed by atoms with Gasteiger partial charge in [0.25, 0.3) is 5.91 Å². The summed E-state index contributed by atoms with van der Waals surface area (Å²) in [5, 5.41) is 2.72. The van der Waals surface area contributed by atoms with Crippen LogP contribution in [0.25, 0.3) is 0 Å². The number of carbonyl (C=O) groups is 2. The van der Waals surface area contributed by atoms with E-state index in [1.54, 1.807) is 6.07 Å². The van der Waals surface area contributed by atoms with Gasteiger partial charge in [-0.25, -0.2) is 4.79 Å². The number of carbonyl (C=O) groups excluding carboxylic acids is 2. The summed E-state index contributed by atoms with van der Waals surface area (Å²) in [7, 11) is 0. The normalized spacial score (nSPS) is 11.7. The molecule has 0 fully saturated rings. The van der Waals surface area contributed by atoms with E-state index in [0.29, 0.717) is 6.54 Å². The van der Waals surface area contributed by atoms with E-state index in [4.69, 9.17) is 9.15 Å². The minimum Gasteiger partial charge on any atom is -0.457 e. The minimum atomic E-state index is -0.881. The maximum Gasteiger partial charge on any atom is 0.374 e. The Balaban J connectivity index is 1.82. The predicted octanol–water partition coefficient (Wildman–Crippen LogP) is 2.45. The van der Waals surface area contributed by atoms with Gasteiger partial charge in [-0.15, -0.1) is 0 Å². The zero-order chi connectivity index (χ0) is 15.2. The highest BCUT2D eigenvalue weighted by Crippen LogP contribution is 2.06. The van der Waals surface area contributed by atoms with Gasteiger partial charge in [0.2, 0.25) is 5.76 Å². The number of ether oxygens (including phenoxy) is 1. The Hall–Kier alpha value is -2.56. The second-order valence-corrected chi connectivity index (χ2v) is 4.73. The molecule has 0 saturated heterocycles. The molecular formula is C16H17NO4. The standard InChI is InChI=1S/C16H17NO4/c1-11-5-7-13(8-6-11)10-17-15(18)12(2)21-16(19)14-4-3-9-20-14/h3-9,12H,10H2,1-2H3,(H,17,18)/t12-/m0/s1. The molecular weight excluding hydrogens is 270 g/mol. The smallest absolute Gasteiger partial charge is 0.374 e. The summed E-state index contributed by atoms with van der Waals surface area (Å²) in [6.45, 7) is 3.91. The monoisotopic (exact) mass is 287 g/mol. The highest BCUT2D eigenvalue weighted by atomic mass is 16.6. The lowest BCUT2D eigenvalue weighted by Gasteiger charge is -2.12. The van der Waals surface area contributed by atoms with Crippen molar-refractivity contribution in [1.82, 2.24) is 5.32 Å². The summed E-state index contributed by atoms with van der Waals surface area (Å²) in [6.07, 6.45) is 0.492. The van der Waals surface area contributed by atoms with Crippen molar-refractivity contribution >= 4 is 11.9 Å². The second-order valence-electron chi connectivity index (χ2n) is 4.73. The zero-order valence-corrected chi connectivity index (χ0v) is 12.0. The molecule has 110 valence electrons. The second kappa shape index (κ2) is 6.74. The van der Waals surface area contributed by atoms with Crippen LogP contribution < -0.4 is 5.32 Å². The van der Waals surface area contributed by atoms with Gasteiger partial charge in [-0.1, -0.05) is 29.8 Å². The average molecular weight is 287 g/mol. The maximum absolute atomic E-state index is 11.9. The highest BCUT2D eigenvalue weighted by molar-refractivity contribution is 5.89. The fraction of sp³-hybridized carbons (Fsp3) is 0.250. The molecule has 1 amide bonds. The molecule has 0 aliphatic rings. The number of aryl methyl sites for hydroxylation is 1. The Kier molecular flexibility index (Phi) is 4.77. The maximum atomic E-state index is 11.9. The molecule has 0 unspecified atom stereocenters. The van der Waals surface area contributed by atoms with Crippen LogP contribution >= 0.6 is 0 Å². The molecule has 0 bridgehead atoms. The first kappa shape index (κ1) is 14.8. The van der Waals surface area contributed by atoms with Crippen LogP contribution in [0.2, 0.25) is 0 Å². The van der Waals surface area contributed by atoms with Crippen molar-refractivity contribution in [1.29, 1.82) is 0 Å². The number of hydrogen-bond donors (Lipinski definition) is 1. The molecule has 1 atom stereocenters. The van der Waals surface area contributed by atoms with E-state index in [0.717, 1.165) is 11.1 Å². The van der Waals surface area contributed by atoms with E-state index >= 15 is 0 Å². The lowest BCUT2D eigenvalue weighted by Crippen LogP contribution is -2.35. The molecule has 0 aliphatic carbocycles. The molecule has 1 aromatic carbocycles. The topological polar surface area (TPSA) is 68.5 Å². The Morgan fingerprint density at radius 1 is 1.24 bits per heavy atom. The number of nitrogens with one attached hydrogen (secondary N) is 1. The van der Waals surface area contributed by atoms with Gasteiger partial charge < -0.3 is 14.5 Å². The Bertz CT molecular complexity index is 602. The van der Waals surface area contributed by atoms with Crippen LogP contribution in [0.3, 0.4) is 0 Å². The average Bonchev–Trinajstić information content (AvgIpc) is 3.00. The molecule has 1 heterocycles. The summed E-state index contributed by atoms with van der Waals surface area (Å²) in [5.41, 5.74) is 2.14. The van der Waals surface area contributed by atoms with Crippen molar-refractivity contribution in [2.75, 3.05) is 0 Å². The fourth-order valence-electron chi connectivity index (χ4n) is 1.71. The molecule has 1 aromatic heterocycles. The molecule has 21 heavy (non-hydrogen) atoms. The van der Waals surface area contributed by atoms with Crippen molar-refractivity contribution in [3.8, 4) is 0 Å². The van der Waals surface area contributed by atoms with Crippen LogP contribution in [-0.4, -0.2) is 18.0 Å². The summed E-state index contributed by atoms with van der Waals surface area (Å²) >= 11 is 0. The molecule has 0 spiro atoms. The van der Waals surface area contributed by atoms with Crippen molar-refractivity contribution in [3.63, 3.8) is 0 Å². The third kappa shape index (κ3) is 4.21. The number of hydrogen-bond acceptors (Lipinski definition) is 4. The van der Waals surface area contributed by atoms with Crippen LogP contribution in [0, 0.1) is 6.92 Å². The summed E-state index contributed by atoms with van der Waals surface area (Å²) < 4.78 is 9.93. The molecule has 0 radical (unpaired) electrons. The lowest BCUT2D eigenvalue weighted by molar-refractivity contribution is -0.129. The van der Waals surface area contributed by atoms with Crippen LogP contribution in [0.5, 0.6) is 0 Å². The predicted molar refractivity (Wildman–Crippen MR) is 76.6 cm³/mol. The Morgan fingerprint density at radius 3 is 2.57 bits per heavy atom. The van der Waals surface area contributed by atoms with Gasteiger partial charge in [0, 0.05) is 6.54 Å². The number of furan rings is 1. The largest absolute Gasteiger partial charge is 0.457 e. The van der Waals surface area contributed by atoms with Gasteiger partial charge in [-0.05, 0) is 31.5 Å². The van der Waals surface area contributed by atoms with Crippen molar-refractivity contribution in [2.45, 2.75) is 26.5 Å². The van der Waals surface area contributed by atoms with Crippen LogP contribution in [0.15, 0.2) is 47.1 Å². The van der Waals surface area contributed by atoms with E-state index in [1.807, 2.05) is 31.2 Å². The molecule has 0 saturated carbocycles. The van der Waals surface area contributed by atoms with Gasteiger partial charge in [0.05, 0.1) is 6.26 Å². The summed E-state index contributed by atoms with van der Waals surface area (Å²) in [6, 6.07) is 10.9. The van der Waals surface area contributed by atoms with Gasteiger partial charge in [-0.2, -0.15) is 0 Å². The number of amides is 1.